The van der Waals surface area contributed by atoms with Crippen LogP contribution in [-0.4, -0.2) is 74.0 Å². The molecule has 1 fully saturated rings. The molecule has 2 N–H and O–H groups in total. The lowest BCUT2D eigenvalue weighted by Gasteiger charge is -2.34. The maximum absolute atomic E-state index is 12.0. The smallest absolute Gasteiger partial charge is 0.296 e. The number of hydrogen-bond donors (Lipinski definition) is 2. The first-order valence-corrected chi connectivity index (χ1v) is 18.6. The van der Waals surface area contributed by atoms with Crippen LogP contribution in [0.5, 0.6) is 0 Å². The van der Waals surface area contributed by atoms with Crippen molar-refractivity contribution in [2.45, 2.75) is 143 Å². The minimum absolute atomic E-state index is 0. The van der Waals surface area contributed by atoms with Gasteiger partial charge < -0.3 is 20.4 Å². The van der Waals surface area contributed by atoms with Crippen LogP contribution in [0.25, 0.3) is 0 Å². The van der Waals surface area contributed by atoms with E-state index in [1.807, 2.05) is 6.08 Å². The predicted molar refractivity (Wildman–Crippen MR) is 208 cm³/mol. The van der Waals surface area contributed by atoms with E-state index < -0.39 is 0 Å². The summed E-state index contributed by atoms with van der Waals surface area (Å²) in [5.41, 5.74) is 0. The molecule has 0 radical (unpaired) electrons. The maximum Gasteiger partial charge on any atom is 0.296 e. The molecule has 46 heavy (non-hydrogen) atoms. The molecule has 1 saturated heterocycles. The maximum atomic E-state index is 12.0. The van der Waals surface area contributed by atoms with E-state index >= 15 is 0 Å². The molecule has 2 amide bonds. The Balaban J connectivity index is -0.000000295. The normalized spacial score (nSPS) is 12.6. The first-order valence-electron chi connectivity index (χ1n) is 18.6. The number of piperazine rings is 1. The van der Waals surface area contributed by atoms with Crippen LogP contribution in [0.3, 0.4) is 0 Å². The van der Waals surface area contributed by atoms with Gasteiger partial charge in [-0.3, -0.25) is 9.59 Å². The van der Waals surface area contributed by atoms with Crippen LogP contribution in [-0.2, 0) is 9.59 Å². The highest BCUT2D eigenvalue weighted by molar-refractivity contribution is 5.94. The quantitative estimate of drug-likeness (QED) is 0.0592. The molecule has 0 saturated carbocycles. The van der Waals surface area contributed by atoms with Gasteiger partial charge in [0.15, 0.2) is 0 Å². The number of carbonyl (C=O) groups is 2. The van der Waals surface area contributed by atoms with Crippen LogP contribution in [0.4, 0.5) is 0 Å². The summed E-state index contributed by atoms with van der Waals surface area (Å²) in [6, 6.07) is 0. The molecule has 0 aromatic heterocycles. The van der Waals surface area contributed by atoms with E-state index in [0.717, 1.165) is 65.1 Å². The lowest BCUT2D eigenvalue weighted by molar-refractivity contribution is -0.121. The SMILES string of the molecule is C=CCCCCCCCC.CC#CC#CC#CC(=O)NCCCN1CCN(CCCNC(=O)CCCCCCCCCCC)CC1.[HH].[HH].[HH].[HH].[HH]. The van der Waals surface area contributed by atoms with Gasteiger partial charge in [-0.15, -0.1) is 6.58 Å². The van der Waals surface area contributed by atoms with E-state index in [2.05, 4.69) is 76.4 Å². The van der Waals surface area contributed by atoms with Crippen LogP contribution in [0.2, 0.25) is 0 Å². The average molecular weight is 647 g/mol. The van der Waals surface area contributed by atoms with Crippen LogP contribution < -0.4 is 10.6 Å². The van der Waals surface area contributed by atoms with Crippen molar-refractivity contribution in [1.82, 2.24) is 20.4 Å². The number of nitrogens with one attached hydrogen (secondary N) is 2. The van der Waals surface area contributed by atoms with Crippen LogP contribution in [0.1, 0.15) is 150 Å². The molecule has 0 aliphatic carbocycles. The molecular formula is C40H78N4O2. The van der Waals surface area contributed by atoms with E-state index in [1.165, 1.54) is 96.3 Å². The second kappa shape index (κ2) is 35.1. The fourth-order valence-corrected chi connectivity index (χ4v) is 5.28. The summed E-state index contributed by atoms with van der Waals surface area (Å²) in [5, 5.41) is 5.90. The van der Waals surface area contributed by atoms with E-state index in [1.54, 1.807) is 6.92 Å². The highest BCUT2D eigenvalue weighted by Crippen LogP contribution is 2.10. The van der Waals surface area contributed by atoms with Crippen molar-refractivity contribution in [2.24, 2.45) is 0 Å². The third-order valence-electron chi connectivity index (χ3n) is 8.13. The molecule has 6 heteroatoms. The minimum atomic E-state index is -0.293. The molecule has 6 nitrogen and oxygen atoms in total. The Morgan fingerprint density at radius 1 is 0.652 bits per heavy atom. The van der Waals surface area contributed by atoms with Gasteiger partial charge in [-0.1, -0.05) is 109 Å². The zero-order valence-corrected chi connectivity index (χ0v) is 30.1. The van der Waals surface area contributed by atoms with Crippen molar-refractivity contribution >= 4 is 11.8 Å². The number of nitrogens with zero attached hydrogens (tertiary/aromatic N) is 2. The van der Waals surface area contributed by atoms with E-state index in [4.69, 9.17) is 0 Å². The van der Waals surface area contributed by atoms with Crippen molar-refractivity contribution in [2.75, 3.05) is 52.4 Å². The second-order valence-electron chi connectivity index (χ2n) is 12.3. The first kappa shape index (κ1) is 43.3. The van der Waals surface area contributed by atoms with Crippen LogP contribution in [0, 0.1) is 35.5 Å². The Bertz CT molecular complexity index is 959. The number of allylic oxidation sites excluding steroid dienone is 1. The van der Waals surface area contributed by atoms with E-state index in [0.29, 0.717) is 13.0 Å². The van der Waals surface area contributed by atoms with Gasteiger partial charge >= 0.3 is 0 Å². The molecule has 0 bridgehead atoms. The van der Waals surface area contributed by atoms with Crippen LogP contribution >= 0.6 is 0 Å². The summed E-state index contributed by atoms with van der Waals surface area (Å²) in [5.74, 6) is 15.2. The first-order chi connectivity index (χ1) is 22.6. The third-order valence-corrected chi connectivity index (χ3v) is 8.13. The standard InChI is InChI=1S/C30H48N4O2.C10H20.5H2/c1-3-5-7-9-10-11-12-14-16-20-30(36)32-22-18-24-34-27-25-33(26-28-34)23-17-21-31-29(35)19-15-13-8-6-4-2;1-3-5-7-9-10-8-6-4-2;;;;;/h3,5,7,9-12,14,16-18,20-28H2,1-2H3,(H,31,35)(H,32,36);3H,1,4-10H2,2H3;5*1H. The van der Waals surface area contributed by atoms with Crippen molar-refractivity contribution < 1.29 is 16.7 Å². The van der Waals surface area contributed by atoms with Gasteiger partial charge in [-0.05, 0) is 75.8 Å². The monoisotopic (exact) mass is 647 g/mol. The molecule has 0 aromatic rings. The number of hydrogen-bond acceptors (Lipinski definition) is 4. The minimum Gasteiger partial charge on any atom is -0.356 e. The Kier molecular flexibility index (Phi) is 33.1. The van der Waals surface area contributed by atoms with Crippen molar-refractivity contribution in [3.63, 3.8) is 0 Å². The average Bonchev–Trinajstić information content (AvgIpc) is 3.07. The Morgan fingerprint density at radius 3 is 1.65 bits per heavy atom. The van der Waals surface area contributed by atoms with Crippen molar-refractivity contribution in [3.8, 4) is 35.5 Å². The van der Waals surface area contributed by atoms with Gasteiger partial charge in [0.25, 0.3) is 5.91 Å². The Labute approximate surface area is 292 Å². The van der Waals surface area contributed by atoms with E-state index in [9.17, 15) is 9.59 Å². The Hall–Kier alpha value is -2.72. The summed E-state index contributed by atoms with van der Waals surface area (Å²) < 4.78 is 0. The van der Waals surface area contributed by atoms with Gasteiger partial charge in [0, 0.05) is 58.7 Å². The lowest BCUT2D eigenvalue weighted by atomic mass is 10.1. The van der Waals surface area contributed by atoms with E-state index in [-0.39, 0.29) is 18.9 Å². The fourth-order valence-electron chi connectivity index (χ4n) is 5.28. The number of amides is 2. The molecule has 0 unspecified atom stereocenters. The lowest BCUT2D eigenvalue weighted by Crippen LogP contribution is -2.47. The van der Waals surface area contributed by atoms with Gasteiger partial charge in [-0.2, -0.15) is 0 Å². The zero-order chi connectivity index (χ0) is 33.8. The molecule has 1 aliphatic rings. The van der Waals surface area contributed by atoms with Gasteiger partial charge in [0.2, 0.25) is 5.91 Å². The van der Waals surface area contributed by atoms with Crippen LogP contribution in [0.15, 0.2) is 12.7 Å². The second-order valence-corrected chi connectivity index (χ2v) is 12.3. The predicted octanol–water partition coefficient (Wildman–Crippen LogP) is 8.72. The summed E-state index contributed by atoms with van der Waals surface area (Å²) >= 11 is 0. The Morgan fingerprint density at radius 2 is 1.13 bits per heavy atom. The number of carbonyl (C=O) groups excluding carboxylic acids is 2. The summed E-state index contributed by atoms with van der Waals surface area (Å²) in [4.78, 5) is 28.6. The number of unbranched alkanes of at least 4 members (excludes halogenated alkanes) is 14. The highest BCUT2D eigenvalue weighted by Gasteiger charge is 2.16. The third kappa shape index (κ3) is 31.3. The summed E-state index contributed by atoms with van der Waals surface area (Å²) in [6.45, 7) is 17.5. The van der Waals surface area contributed by atoms with Gasteiger partial charge in [0.1, 0.15) is 0 Å². The zero-order valence-electron chi connectivity index (χ0n) is 30.1. The van der Waals surface area contributed by atoms with Crippen molar-refractivity contribution in [3.05, 3.63) is 12.7 Å². The molecule has 0 atom stereocenters. The summed E-state index contributed by atoms with van der Waals surface area (Å²) in [7, 11) is 0. The topological polar surface area (TPSA) is 64.7 Å². The fraction of sp³-hybridized carbons (Fsp3) is 0.750. The molecule has 1 heterocycles. The number of rotatable bonds is 25. The molecule has 1 aliphatic heterocycles. The van der Waals surface area contributed by atoms with Gasteiger partial charge in [0.05, 0.1) is 0 Å². The largest absolute Gasteiger partial charge is 0.356 e. The molecule has 0 spiro atoms. The molecular weight excluding hydrogens is 568 g/mol. The molecule has 0 aromatic carbocycles. The summed E-state index contributed by atoms with van der Waals surface area (Å²) in [6.07, 6.45) is 25.7. The molecule has 270 valence electrons. The van der Waals surface area contributed by atoms with Crippen molar-refractivity contribution in [1.29, 1.82) is 0 Å². The molecule has 1 rings (SSSR count). The van der Waals surface area contributed by atoms with Gasteiger partial charge in [-0.25, -0.2) is 0 Å². The highest BCUT2D eigenvalue weighted by atomic mass is 16.2.